The molecule has 3 aromatic rings. The minimum Gasteiger partial charge on any atom is -0.0911 e. The third kappa shape index (κ3) is 5.86. The third-order valence-corrected chi connectivity index (χ3v) is 6.36. The van der Waals surface area contributed by atoms with Crippen molar-refractivity contribution in [2.24, 2.45) is 5.41 Å². The Labute approximate surface area is 207 Å². The second kappa shape index (κ2) is 10.9. The van der Waals surface area contributed by atoms with Crippen LogP contribution in [0.3, 0.4) is 0 Å². The summed E-state index contributed by atoms with van der Waals surface area (Å²) in [5.74, 6) is 0. The van der Waals surface area contributed by atoms with Gasteiger partial charge in [0.25, 0.3) is 0 Å². The molecule has 0 aliphatic heterocycles. The van der Waals surface area contributed by atoms with Crippen LogP contribution in [-0.4, -0.2) is 0 Å². The number of hydrogen-bond donors (Lipinski definition) is 0. The van der Waals surface area contributed by atoms with Crippen LogP contribution in [-0.2, 0) is 6.42 Å². The van der Waals surface area contributed by atoms with Gasteiger partial charge in [0.1, 0.15) is 0 Å². The molecule has 0 nitrogen and oxygen atoms in total. The van der Waals surface area contributed by atoms with Crippen LogP contribution in [0.4, 0.5) is 0 Å². The number of benzene rings is 3. The molecule has 0 saturated heterocycles. The number of aryl methyl sites for hydroxylation is 2. The van der Waals surface area contributed by atoms with Crippen LogP contribution in [0.25, 0.3) is 27.8 Å². The number of hydrogen-bond acceptors (Lipinski definition) is 0. The minimum absolute atomic E-state index is 0.224. The molecule has 0 spiro atoms. The quantitative estimate of drug-likeness (QED) is 0.315. The second-order valence-corrected chi connectivity index (χ2v) is 10.5. The zero-order valence-electron chi connectivity index (χ0n) is 22.1. The van der Waals surface area contributed by atoms with E-state index in [1.807, 2.05) is 0 Å². The molecule has 0 fully saturated rings. The molecule has 0 unspecified atom stereocenters. The van der Waals surface area contributed by atoms with Crippen LogP contribution in [0.2, 0.25) is 0 Å². The maximum Gasteiger partial charge on any atom is -0.00732 e. The number of allylic oxidation sites excluding steroid dienone is 5. The van der Waals surface area contributed by atoms with Crippen molar-refractivity contribution in [2.45, 2.75) is 61.3 Å². The Balaban J connectivity index is 2.21. The van der Waals surface area contributed by atoms with Crippen molar-refractivity contribution in [3.8, 4) is 22.3 Å². The van der Waals surface area contributed by atoms with Gasteiger partial charge in [0.2, 0.25) is 0 Å². The van der Waals surface area contributed by atoms with Crippen LogP contribution in [0.5, 0.6) is 0 Å². The zero-order chi connectivity index (χ0) is 24.9. The molecule has 0 radical (unpaired) electrons. The number of rotatable bonds is 7. The molecule has 3 aromatic carbocycles. The lowest BCUT2D eigenvalue weighted by atomic mass is 9.83. The van der Waals surface area contributed by atoms with Crippen molar-refractivity contribution >= 4 is 5.57 Å². The predicted octanol–water partition coefficient (Wildman–Crippen LogP) is 10.2. The summed E-state index contributed by atoms with van der Waals surface area (Å²) in [4.78, 5) is 0. The predicted molar refractivity (Wildman–Crippen MR) is 152 cm³/mol. The van der Waals surface area contributed by atoms with Gasteiger partial charge in [-0.05, 0) is 94.7 Å². The first kappa shape index (κ1) is 25.5. The molecule has 3 rings (SSSR count). The van der Waals surface area contributed by atoms with Gasteiger partial charge in [-0.3, -0.25) is 0 Å². The first-order valence-electron chi connectivity index (χ1n) is 12.5. The Bertz CT molecular complexity index is 1210. The van der Waals surface area contributed by atoms with Gasteiger partial charge >= 0.3 is 0 Å². The first-order chi connectivity index (χ1) is 16.2. The lowest BCUT2D eigenvalue weighted by Crippen LogP contribution is -2.06. The summed E-state index contributed by atoms with van der Waals surface area (Å²) in [6, 6.07) is 21.9. The fraction of sp³-hybridized carbons (Fsp3) is 0.294. The van der Waals surface area contributed by atoms with Gasteiger partial charge in [0.15, 0.2) is 0 Å². The second-order valence-electron chi connectivity index (χ2n) is 10.5. The fourth-order valence-electron chi connectivity index (χ4n) is 4.94. The topological polar surface area (TPSA) is 0 Å². The van der Waals surface area contributed by atoms with E-state index < -0.39 is 0 Å². The van der Waals surface area contributed by atoms with Crippen LogP contribution < -0.4 is 0 Å². The molecule has 0 bridgehead atoms. The van der Waals surface area contributed by atoms with Gasteiger partial charge in [-0.2, -0.15) is 0 Å². The van der Waals surface area contributed by atoms with E-state index in [9.17, 15) is 0 Å². The summed E-state index contributed by atoms with van der Waals surface area (Å²) < 4.78 is 0. The van der Waals surface area contributed by atoms with Crippen molar-refractivity contribution in [1.29, 1.82) is 0 Å². The zero-order valence-corrected chi connectivity index (χ0v) is 22.1. The molecule has 0 N–H and O–H groups in total. The third-order valence-electron chi connectivity index (χ3n) is 6.36. The molecule has 0 atom stereocenters. The average molecular weight is 449 g/mol. The van der Waals surface area contributed by atoms with E-state index in [1.165, 1.54) is 50.1 Å². The van der Waals surface area contributed by atoms with E-state index in [4.69, 9.17) is 0 Å². The Morgan fingerprint density at radius 2 is 1.59 bits per heavy atom. The lowest BCUT2D eigenvalue weighted by Gasteiger charge is -2.22. The van der Waals surface area contributed by atoms with Crippen LogP contribution >= 0.6 is 0 Å². The Morgan fingerprint density at radius 1 is 0.882 bits per heavy atom. The first-order valence-corrected chi connectivity index (χ1v) is 12.5. The van der Waals surface area contributed by atoms with Gasteiger partial charge < -0.3 is 0 Å². The maximum atomic E-state index is 4.57. The SMILES string of the molecule is C=C(/C=C(\C=C/C)CC(C)(C)C)c1c(CC)ccc(-c2c(C)cccc2-c2ccccc2)c1C. The summed E-state index contributed by atoms with van der Waals surface area (Å²) in [6.45, 7) is 20.3. The van der Waals surface area contributed by atoms with E-state index in [0.29, 0.717) is 0 Å². The highest BCUT2D eigenvalue weighted by molar-refractivity contribution is 5.90. The molecular weight excluding hydrogens is 408 g/mol. The molecule has 176 valence electrons. The van der Waals surface area contributed by atoms with E-state index in [-0.39, 0.29) is 5.41 Å². The molecular formula is C34H40. The van der Waals surface area contributed by atoms with E-state index in [0.717, 1.165) is 18.4 Å². The largest absolute Gasteiger partial charge is 0.0911 e. The van der Waals surface area contributed by atoms with Gasteiger partial charge in [0, 0.05) is 0 Å². The smallest absolute Gasteiger partial charge is 0.00732 e. The highest BCUT2D eigenvalue weighted by Crippen LogP contribution is 2.40. The van der Waals surface area contributed by atoms with E-state index in [2.05, 4.69) is 134 Å². The fourth-order valence-corrected chi connectivity index (χ4v) is 4.94. The summed E-state index contributed by atoms with van der Waals surface area (Å²) in [5.41, 5.74) is 13.0. The van der Waals surface area contributed by atoms with Crippen molar-refractivity contribution < 1.29 is 0 Å². The molecule has 0 aliphatic rings. The van der Waals surface area contributed by atoms with Crippen LogP contribution in [0.15, 0.2) is 91.0 Å². The van der Waals surface area contributed by atoms with Crippen molar-refractivity contribution in [1.82, 2.24) is 0 Å². The molecule has 0 aromatic heterocycles. The maximum absolute atomic E-state index is 4.57. The molecule has 0 heteroatoms. The van der Waals surface area contributed by atoms with Gasteiger partial charge in [0.05, 0.1) is 0 Å². The van der Waals surface area contributed by atoms with E-state index in [1.54, 1.807) is 0 Å². The lowest BCUT2D eigenvalue weighted by molar-refractivity contribution is 0.413. The Morgan fingerprint density at radius 3 is 2.21 bits per heavy atom. The van der Waals surface area contributed by atoms with E-state index >= 15 is 0 Å². The van der Waals surface area contributed by atoms with Gasteiger partial charge in [-0.25, -0.2) is 0 Å². The summed E-state index contributed by atoms with van der Waals surface area (Å²) in [7, 11) is 0. The normalized spacial score (nSPS) is 12.4. The van der Waals surface area contributed by atoms with Gasteiger partial charge in [-0.1, -0.05) is 113 Å². The van der Waals surface area contributed by atoms with Gasteiger partial charge in [-0.15, -0.1) is 0 Å². The molecule has 0 heterocycles. The van der Waals surface area contributed by atoms with Crippen molar-refractivity contribution in [3.63, 3.8) is 0 Å². The van der Waals surface area contributed by atoms with Crippen molar-refractivity contribution in [2.75, 3.05) is 0 Å². The summed E-state index contributed by atoms with van der Waals surface area (Å²) in [6.07, 6.45) is 8.67. The minimum atomic E-state index is 0.224. The van der Waals surface area contributed by atoms with Crippen LogP contribution in [0, 0.1) is 19.3 Å². The molecule has 0 aliphatic carbocycles. The Hall–Kier alpha value is -3.12. The molecule has 34 heavy (non-hydrogen) atoms. The molecule has 0 amide bonds. The standard InChI is InChI=1S/C34H40/c1-9-15-27(23-34(6,7)8)22-25(4)32-26(5)30(21-20-28(32)10-2)33-24(3)16-14-19-31(33)29-17-12-11-13-18-29/h9,11-22H,4,10,23H2,1-3,5-8H3/b15-9-,27-22+. The monoisotopic (exact) mass is 448 g/mol. The molecule has 0 saturated carbocycles. The Kier molecular flexibility index (Phi) is 8.15. The summed E-state index contributed by atoms with van der Waals surface area (Å²) in [5, 5.41) is 0. The summed E-state index contributed by atoms with van der Waals surface area (Å²) >= 11 is 0. The van der Waals surface area contributed by atoms with Crippen molar-refractivity contribution in [3.05, 3.63) is 113 Å². The highest BCUT2D eigenvalue weighted by atomic mass is 14.2. The highest BCUT2D eigenvalue weighted by Gasteiger charge is 2.18. The van der Waals surface area contributed by atoms with Crippen LogP contribution in [0.1, 0.15) is 63.3 Å². The average Bonchev–Trinajstić information content (AvgIpc) is 2.78.